The molecular formula is C14H20N2O4. The SMILES string of the molecule is CCC(C)CC(C)Nc1cc(C(=O)O)ccc1[N+](=O)[O-]. The van der Waals surface area contributed by atoms with Crippen LogP contribution in [0.3, 0.4) is 0 Å². The molecule has 0 aliphatic heterocycles. The zero-order chi connectivity index (χ0) is 15.3. The van der Waals surface area contributed by atoms with Crippen LogP contribution in [0, 0.1) is 16.0 Å². The Morgan fingerprint density at radius 1 is 1.45 bits per heavy atom. The summed E-state index contributed by atoms with van der Waals surface area (Å²) >= 11 is 0. The van der Waals surface area contributed by atoms with E-state index in [2.05, 4.69) is 19.2 Å². The molecule has 1 rings (SSSR count). The summed E-state index contributed by atoms with van der Waals surface area (Å²) in [7, 11) is 0. The number of nitrogens with zero attached hydrogens (tertiary/aromatic N) is 1. The van der Waals surface area contributed by atoms with Gasteiger partial charge in [0.25, 0.3) is 5.69 Å². The number of hydrogen-bond donors (Lipinski definition) is 2. The van der Waals surface area contributed by atoms with Gasteiger partial charge in [-0.2, -0.15) is 0 Å². The standard InChI is InChI=1S/C14H20N2O4/c1-4-9(2)7-10(3)15-12-8-11(14(17)18)5-6-13(12)16(19)20/h5-6,8-10,15H,4,7H2,1-3H3,(H,17,18). The largest absolute Gasteiger partial charge is 0.478 e. The molecule has 0 saturated carbocycles. The van der Waals surface area contributed by atoms with Gasteiger partial charge in [-0.05, 0) is 31.4 Å². The Labute approximate surface area is 118 Å². The lowest BCUT2D eigenvalue weighted by Crippen LogP contribution is -2.19. The molecule has 2 unspecified atom stereocenters. The fourth-order valence-corrected chi connectivity index (χ4v) is 2.04. The third-order valence-electron chi connectivity index (χ3n) is 3.29. The van der Waals surface area contributed by atoms with Crippen molar-refractivity contribution in [1.82, 2.24) is 0 Å². The molecule has 6 nitrogen and oxygen atoms in total. The van der Waals surface area contributed by atoms with Crippen LogP contribution in [0.25, 0.3) is 0 Å². The Balaban J connectivity index is 2.98. The van der Waals surface area contributed by atoms with Gasteiger partial charge in [-0.3, -0.25) is 10.1 Å². The lowest BCUT2D eigenvalue weighted by atomic mass is 10.00. The quantitative estimate of drug-likeness (QED) is 0.588. The molecular weight excluding hydrogens is 260 g/mol. The number of aromatic carboxylic acids is 1. The van der Waals surface area contributed by atoms with Crippen LogP contribution in [0.1, 0.15) is 44.0 Å². The summed E-state index contributed by atoms with van der Waals surface area (Å²) in [6.07, 6.45) is 1.90. The number of carboxylic acids is 1. The first-order valence-electron chi connectivity index (χ1n) is 6.63. The molecule has 1 aromatic carbocycles. The summed E-state index contributed by atoms with van der Waals surface area (Å²) < 4.78 is 0. The summed E-state index contributed by atoms with van der Waals surface area (Å²) in [6, 6.07) is 3.81. The van der Waals surface area contributed by atoms with Gasteiger partial charge in [0.05, 0.1) is 10.5 Å². The number of hydrogen-bond acceptors (Lipinski definition) is 4. The Hall–Kier alpha value is -2.11. The maximum atomic E-state index is 11.0. The van der Waals surface area contributed by atoms with Crippen molar-refractivity contribution in [3.63, 3.8) is 0 Å². The van der Waals surface area contributed by atoms with Crippen LogP contribution in [0.15, 0.2) is 18.2 Å². The second-order valence-corrected chi connectivity index (χ2v) is 5.09. The zero-order valence-corrected chi connectivity index (χ0v) is 11.9. The summed E-state index contributed by atoms with van der Waals surface area (Å²) in [4.78, 5) is 21.4. The van der Waals surface area contributed by atoms with E-state index in [9.17, 15) is 14.9 Å². The minimum Gasteiger partial charge on any atom is -0.478 e. The Morgan fingerprint density at radius 2 is 2.10 bits per heavy atom. The Bertz CT molecular complexity index is 502. The molecule has 2 atom stereocenters. The average molecular weight is 280 g/mol. The van der Waals surface area contributed by atoms with Gasteiger partial charge in [-0.1, -0.05) is 20.3 Å². The van der Waals surface area contributed by atoms with Crippen LogP contribution in [0.4, 0.5) is 11.4 Å². The van der Waals surface area contributed by atoms with Crippen molar-refractivity contribution in [1.29, 1.82) is 0 Å². The van der Waals surface area contributed by atoms with Gasteiger partial charge in [-0.15, -0.1) is 0 Å². The van der Waals surface area contributed by atoms with Crippen molar-refractivity contribution in [3.8, 4) is 0 Å². The summed E-state index contributed by atoms with van der Waals surface area (Å²) in [5, 5.41) is 23.0. The average Bonchev–Trinajstić information content (AvgIpc) is 2.37. The van der Waals surface area contributed by atoms with Gasteiger partial charge in [0.2, 0.25) is 0 Å². The lowest BCUT2D eigenvalue weighted by molar-refractivity contribution is -0.384. The van der Waals surface area contributed by atoms with Crippen molar-refractivity contribution in [3.05, 3.63) is 33.9 Å². The van der Waals surface area contributed by atoms with E-state index in [1.165, 1.54) is 18.2 Å². The molecule has 2 N–H and O–H groups in total. The molecule has 0 radical (unpaired) electrons. The first-order valence-corrected chi connectivity index (χ1v) is 6.63. The molecule has 0 aliphatic rings. The molecule has 0 bridgehead atoms. The van der Waals surface area contributed by atoms with E-state index in [1.807, 2.05) is 6.92 Å². The van der Waals surface area contributed by atoms with E-state index in [4.69, 9.17) is 5.11 Å². The minimum absolute atomic E-state index is 0.0349. The molecule has 6 heteroatoms. The van der Waals surface area contributed by atoms with Crippen molar-refractivity contribution in [2.45, 2.75) is 39.7 Å². The van der Waals surface area contributed by atoms with Gasteiger partial charge >= 0.3 is 5.97 Å². The normalized spacial score (nSPS) is 13.6. The third kappa shape index (κ3) is 4.22. The van der Waals surface area contributed by atoms with Gasteiger partial charge in [0.1, 0.15) is 5.69 Å². The van der Waals surface area contributed by atoms with Crippen molar-refractivity contribution in [2.75, 3.05) is 5.32 Å². The predicted octanol–water partition coefficient (Wildman–Crippen LogP) is 3.53. The fourth-order valence-electron chi connectivity index (χ4n) is 2.04. The highest BCUT2D eigenvalue weighted by Gasteiger charge is 2.18. The molecule has 110 valence electrons. The van der Waals surface area contributed by atoms with Crippen LogP contribution < -0.4 is 5.32 Å². The first-order chi connectivity index (χ1) is 9.35. The Morgan fingerprint density at radius 3 is 2.60 bits per heavy atom. The second kappa shape index (κ2) is 6.88. The molecule has 0 heterocycles. The van der Waals surface area contributed by atoms with Crippen LogP contribution in [-0.2, 0) is 0 Å². The van der Waals surface area contributed by atoms with Gasteiger partial charge in [-0.25, -0.2) is 4.79 Å². The molecule has 1 aromatic rings. The van der Waals surface area contributed by atoms with E-state index in [1.54, 1.807) is 0 Å². The number of nitro benzene ring substituents is 1. The first kappa shape index (κ1) is 15.9. The van der Waals surface area contributed by atoms with Crippen molar-refractivity contribution in [2.24, 2.45) is 5.92 Å². The van der Waals surface area contributed by atoms with E-state index in [0.717, 1.165) is 12.8 Å². The molecule has 0 aliphatic carbocycles. The van der Waals surface area contributed by atoms with E-state index in [0.29, 0.717) is 5.92 Å². The number of benzene rings is 1. The van der Waals surface area contributed by atoms with E-state index >= 15 is 0 Å². The van der Waals surface area contributed by atoms with E-state index < -0.39 is 10.9 Å². The summed E-state index contributed by atoms with van der Waals surface area (Å²) in [5.74, 6) is -0.600. The second-order valence-electron chi connectivity index (χ2n) is 5.09. The monoisotopic (exact) mass is 280 g/mol. The van der Waals surface area contributed by atoms with E-state index in [-0.39, 0.29) is 23.0 Å². The number of carbonyl (C=O) groups is 1. The zero-order valence-electron chi connectivity index (χ0n) is 11.9. The van der Waals surface area contributed by atoms with Crippen molar-refractivity contribution < 1.29 is 14.8 Å². The van der Waals surface area contributed by atoms with Crippen LogP contribution in [-0.4, -0.2) is 22.0 Å². The molecule has 20 heavy (non-hydrogen) atoms. The summed E-state index contributed by atoms with van der Waals surface area (Å²) in [5.41, 5.74) is 0.186. The third-order valence-corrected chi connectivity index (χ3v) is 3.29. The minimum atomic E-state index is -1.10. The maximum absolute atomic E-state index is 11.0. The topological polar surface area (TPSA) is 92.5 Å². The predicted molar refractivity (Wildman–Crippen MR) is 77.2 cm³/mol. The van der Waals surface area contributed by atoms with Crippen LogP contribution >= 0.6 is 0 Å². The van der Waals surface area contributed by atoms with Gasteiger partial charge in [0, 0.05) is 12.1 Å². The fraction of sp³-hybridized carbons (Fsp3) is 0.500. The van der Waals surface area contributed by atoms with Crippen LogP contribution in [0.2, 0.25) is 0 Å². The van der Waals surface area contributed by atoms with Gasteiger partial charge in [0.15, 0.2) is 0 Å². The number of rotatable bonds is 7. The molecule has 0 saturated heterocycles. The molecule has 0 spiro atoms. The smallest absolute Gasteiger partial charge is 0.335 e. The molecule has 0 amide bonds. The number of carboxylic acid groups (broad SMARTS) is 1. The summed E-state index contributed by atoms with van der Waals surface area (Å²) in [6.45, 7) is 6.13. The molecule has 0 aromatic heterocycles. The van der Waals surface area contributed by atoms with Crippen molar-refractivity contribution >= 4 is 17.3 Å². The number of nitro groups is 1. The molecule has 0 fully saturated rings. The maximum Gasteiger partial charge on any atom is 0.335 e. The van der Waals surface area contributed by atoms with Crippen LogP contribution in [0.5, 0.6) is 0 Å². The number of anilines is 1. The highest BCUT2D eigenvalue weighted by atomic mass is 16.6. The van der Waals surface area contributed by atoms with Gasteiger partial charge < -0.3 is 10.4 Å². The number of nitrogens with one attached hydrogen (secondary N) is 1. The highest BCUT2D eigenvalue weighted by molar-refractivity contribution is 5.90. The lowest BCUT2D eigenvalue weighted by Gasteiger charge is -2.18. The Kier molecular flexibility index (Phi) is 5.49. The highest BCUT2D eigenvalue weighted by Crippen LogP contribution is 2.27.